The quantitative estimate of drug-likeness (QED) is 0.163. The number of hydrogen-bond acceptors (Lipinski definition) is 6. The zero-order chi connectivity index (χ0) is 25.8. The summed E-state index contributed by atoms with van der Waals surface area (Å²) in [5, 5.41) is 9.65. The van der Waals surface area contributed by atoms with Crippen molar-refractivity contribution in [2.45, 2.75) is 33.6 Å². The maximum atomic E-state index is 12.4. The van der Waals surface area contributed by atoms with Gasteiger partial charge in [0.05, 0.1) is 17.3 Å². The molecule has 0 unspecified atom stereocenters. The number of nitrogens with one attached hydrogen (secondary N) is 3. The molecule has 9 nitrogen and oxygen atoms in total. The number of rotatable bonds is 11. The monoisotopic (exact) mass is 566 g/mol. The Kier molecular flexibility index (Phi) is 11.5. The molecule has 0 bridgehead atoms. The molecule has 0 saturated heterocycles. The van der Waals surface area contributed by atoms with Crippen LogP contribution in [0.1, 0.15) is 37.8 Å². The molecule has 2 aromatic rings. The number of halogens is 2. The molecule has 2 rings (SSSR count). The third-order valence-corrected chi connectivity index (χ3v) is 5.62. The SMILES string of the molecule is CCCCNC(=O)C(=O)N/N=C\c1cc(Br)c(OCC(=O)Nc2cccc(Cl)c2C)c(OCC)c1. The summed E-state index contributed by atoms with van der Waals surface area (Å²) in [6, 6.07) is 8.56. The van der Waals surface area contributed by atoms with Crippen LogP contribution in [0.4, 0.5) is 5.69 Å². The summed E-state index contributed by atoms with van der Waals surface area (Å²) >= 11 is 9.52. The number of carbonyl (C=O) groups is 3. The lowest BCUT2D eigenvalue weighted by atomic mass is 10.2. The van der Waals surface area contributed by atoms with Gasteiger partial charge in [0.25, 0.3) is 5.91 Å². The molecule has 188 valence electrons. The van der Waals surface area contributed by atoms with E-state index in [1.54, 1.807) is 30.3 Å². The molecule has 0 aliphatic rings. The number of anilines is 1. The molecule has 0 aliphatic carbocycles. The molecule has 3 N–H and O–H groups in total. The molecule has 0 saturated carbocycles. The van der Waals surface area contributed by atoms with Gasteiger partial charge in [0.2, 0.25) is 0 Å². The Bertz CT molecular complexity index is 1090. The van der Waals surface area contributed by atoms with Crippen molar-refractivity contribution in [3.8, 4) is 11.5 Å². The average molecular weight is 568 g/mol. The summed E-state index contributed by atoms with van der Waals surface area (Å²) < 4.78 is 11.9. The van der Waals surface area contributed by atoms with Crippen LogP contribution in [0.15, 0.2) is 39.9 Å². The second-order valence-corrected chi connectivity index (χ2v) is 8.58. The molecule has 0 spiro atoms. The third-order valence-electron chi connectivity index (χ3n) is 4.62. The summed E-state index contributed by atoms with van der Waals surface area (Å²) in [5.74, 6) is -1.26. The highest BCUT2D eigenvalue weighted by Crippen LogP contribution is 2.36. The van der Waals surface area contributed by atoms with Crippen molar-refractivity contribution in [2.75, 3.05) is 25.1 Å². The Hall–Kier alpha value is -3.11. The fraction of sp³-hybridized carbons (Fsp3) is 0.333. The van der Waals surface area contributed by atoms with E-state index >= 15 is 0 Å². The van der Waals surface area contributed by atoms with Gasteiger partial charge in [0.1, 0.15) is 0 Å². The van der Waals surface area contributed by atoms with E-state index in [-0.39, 0.29) is 12.5 Å². The van der Waals surface area contributed by atoms with Crippen LogP contribution in [0.2, 0.25) is 5.02 Å². The molecule has 2 aromatic carbocycles. The standard InChI is InChI=1S/C24H28BrClN4O5/c1-4-6-10-27-23(32)24(33)30-28-13-16-11-17(25)22(20(12-16)34-5-2)35-14-21(31)29-19-9-7-8-18(26)15(19)3/h7-9,11-13H,4-6,10,14H2,1-3H3,(H,27,32)(H,29,31)(H,30,33)/b28-13-. The molecule has 0 radical (unpaired) electrons. The van der Waals surface area contributed by atoms with E-state index in [2.05, 4.69) is 37.1 Å². The van der Waals surface area contributed by atoms with Crippen LogP contribution < -0.4 is 25.5 Å². The second-order valence-electron chi connectivity index (χ2n) is 7.32. The van der Waals surface area contributed by atoms with E-state index in [9.17, 15) is 14.4 Å². The zero-order valence-electron chi connectivity index (χ0n) is 19.7. The number of carbonyl (C=O) groups excluding carboxylic acids is 3. The van der Waals surface area contributed by atoms with Crippen LogP contribution in [0.25, 0.3) is 0 Å². The van der Waals surface area contributed by atoms with E-state index in [0.717, 1.165) is 18.4 Å². The van der Waals surface area contributed by atoms with Crippen molar-refractivity contribution in [2.24, 2.45) is 5.10 Å². The first-order valence-corrected chi connectivity index (χ1v) is 12.2. The first kappa shape index (κ1) is 28.1. The Morgan fingerprint density at radius 3 is 2.63 bits per heavy atom. The maximum absolute atomic E-state index is 12.4. The number of amides is 3. The van der Waals surface area contributed by atoms with Gasteiger partial charge in [-0.05, 0) is 71.6 Å². The van der Waals surface area contributed by atoms with Crippen LogP contribution in [0, 0.1) is 6.92 Å². The van der Waals surface area contributed by atoms with Gasteiger partial charge < -0.3 is 20.1 Å². The minimum absolute atomic E-state index is 0.263. The van der Waals surface area contributed by atoms with Gasteiger partial charge in [-0.25, -0.2) is 5.43 Å². The molecule has 11 heteroatoms. The Labute approximate surface area is 217 Å². The molecule has 0 atom stereocenters. The Balaban J connectivity index is 2.03. The molecule has 0 heterocycles. The van der Waals surface area contributed by atoms with Gasteiger partial charge in [-0.15, -0.1) is 0 Å². The first-order chi connectivity index (χ1) is 16.8. The highest BCUT2D eigenvalue weighted by molar-refractivity contribution is 9.10. The molecule has 0 aromatic heterocycles. The van der Waals surface area contributed by atoms with Crippen molar-refractivity contribution in [3.05, 3.63) is 51.0 Å². The molecular formula is C24H28BrClN4O5. The van der Waals surface area contributed by atoms with E-state index in [1.807, 2.05) is 20.8 Å². The summed E-state index contributed by atoms with van der Waals surface area (Å²) in [7, 11) is 0. The predicted molar refractivity (Wildman–Crippen MR) is 139 cm³/mol. The van der Waals surface area contributed by atoms with Crippen molar-refractivity contribution >= 4 is 57.2 Å². The summed E-state index contributed by atoms with van der Waals surface area (Å²) in [5.41, 5.74) is 4.11. The number of unbranched alkanes of at least 4 members (excludes halogenated alkanes) is 1. The van der Waals surface area contributed by atoms with Crippen molar-refractivity contribution < 1.29 is 23.9 Å². The lowest BCUT2D eigenvalue weighted by Crippen LogP contribution is -2.38. The maximum Gasteiger partial charge on any atom is 0.329 e. The topological polar surface area (TPSA) is 118 Å². The number of hydrazone groups is 1. The van der Waals surface area contributed by atoms with Gasteiger partial charge in [-0.3, -0.25) is 14.4 Å². The normalized spacial score (nSPS) is 10.7. The Morgan fingerprint density at radius 2 is 1.91 bits per heavy atom. The van der Waals surface area contributed by atoms with Crippen molar-refractivity contribution in [1.29, 1.82) is 0 Å². The summed E-state index contributed by atoms with van der Waals surface area (Å²) in [6.45, 7) is 6.12. The van der Waals surface area contributed by atoms with Crippen LogP contribution in [0.5, 0.6) is 11.5 Å². The summed E-state index contributed by atoms with van der Waals surface area (Å²) in [4.78, 5) is 35.9. The van der Waals surface area contributed by atoms with Gasteiger partial charge in [0, 0.05) is 17.3 Å². The highest BCUT2D eigenvalue weighted by Gasteiger charge is 2.15. The predicted octanol–water partition coefficient (Wildman–Crippen LogP) is 4.19. The summed E-state index contributed by atoms with van der Waals surface area (Å²) in [6.07, 6.45) is 3.05. The molecule has 3 amide bonds. The minimum atomic E-state index is -0.859. The lowest BCUT2D eigenvalue weighted by molar-refractivity contribution is -0.139. The molecule has 0 aliphatic heterocycles. The largest absolute Gasteiger partial charge is 0.490 e. The smallest absolute Gasteiger partial charge is 0.329 e. The van der Waals surface area contributed by atoms with Crippen LogP contribution in [-0.2, 0) is 14.4 Å². The van der Waals surface area contributed by atoms with E-state index in [1.165, 1.54) is 6.21 Å². The van der Waals surface area contributed by atoms with Crippen LogP contribution in [0.3, 0.4) is 0 Å². The zero-order valence-corrected chi connectivity index (χ0v) is 22.1. The number of nitrogens with zero attached hydrogens (tertiary/aromatic N) is 1. The van der Waals surface area contributed by atoms with Crippen LogP contribution in [-0.4, -0.2) is 43.7 Å². The minimum Gasteiger partial charge on any atom is -0.490 e. The van der Waals surface area contributed by atoms with Gasteiger partial charge >= 0.3 is 11.8 Å². The van der Waals surface area contributed by atoms with E-state index in [0.29, 0.717) is 45.4 Å². The molecular weight excluding hydrogens is 540 g/mol. The fourth-order valence-electron chi connectivity index (χ4n) is 2.81. The van der Waals surface area contributed by atoms with Crippen molar-refractivity contribution in [3.63, 3.8) is 0 Å². The van der Waals surface area contributed by atoms with Gasteiger partial charge in [-0.2, -0.15) is 5.10 Å². The average Bonchev–Trinajstić information content (AvgIpc) is 2.81. The molecule has 0 fully saturated rings. The highest BCUT2D eigenvalue weighted by atomic mass is 79.9. The number of benzene rings is 2. The van der Waals surface area contributed by atoms with Gasteiger partial charge in [-0.1, -0.05) is 31.0 Å². The first-order valence-electron chi connectivity index (χ1n) is 11.0. The Morgan fingerprint density at radius 1 is 1.14 bits per heavy atom. The van der Waals surface area contributed by atoms with Gasteiger partial charge in [0.15, 0.2) is 18.1 Å². The van der Waals surface area contributed by atoms with Crippen LogP contribution >= 0.6 is 27.5 Å². The van der Waals surface area contributed by atoms with E-state index < -0.39 is 11.8 Å². The van der Waals surface area contributed by atoms with Crippen molar-refractivity contribution in [1.82, 2.24) is 10.7 Å². The fourth-order valence-corrected chi connectivity index (χ4v) is 3.56. The number of ether oxygens (including phenoxy) is 2. The number of hydrogen-bond donors (Lipinski definition) is 3. The lowest BCUT2D eigenvalue weighted by Gasteiger charge is -2.15. The molecule has 35 heavy (non-hydrogen) atoms. The second kappa shape index (κ2) is 14.3. The third kappa shape index (κ3) is 8.88. The van der Waals surface area contributed by atoms with E-state index in [4.69, 9.17) is 21.1 Å².